The molecular weight excluding hydrogens is 228 g/mol. The summed E-state index contributed by atoms with van der Waals surface area (Å²) in [4.78, 5) is 0. The van der Waals surface area contributed by atoms with E-state index >= 15 is 0 Å². The molecule has 0 aromatic heterocycles. The van der Waals surface area contributed by atoms with Gasteiger partial charge in [-0.1, -0.05) is 6.07 Å². The first-order valence-corrected chi connectivity index (χ1v) is 5.96. The van der Waals surface area contributed by atoms with Gasteiger partial charge in [-0.15, -0.1) is 0 Å². The van der Waals surface area contributed by atoms with Crippen molar-refractivity contribution in [1.29, 1.82) is 5.26 Å². The van der Waals surface area contributed by atoms with E-state index in [9.17, 15) is 0 Å². The third-order valence-electron chi connectivity index (χ3n) is 2.90. The number of nitrogens with one attached hydrogen (secondary N) is 1. The van der Waals surface area contributed by atoms with Crippen LogP contribution < -0.4 is 10.1 Å². The molecule has 4 nitrogen and oxygen atoms in total. The van der Waals surface area contributed by atoms with Crippen molar-refractivity contribution in [3.63, 3.8) is 0 Å². The Hall–Kier alpha value is -2.15. The lowest BCUT2D eigenvalue weighted by atomic mass is 10.1. The van der Waals surface area contributed by atoms with Gasteiger partial charge in [0.15, 0.2) is 0 Å². The average molecular weight is 244 g/mol. The number of para-hydroxylation sites is 1. The lowest BCUT2D eigenvalue weighted by molar-refractivity contribution is 0.135. The molecule has 94 valence electrons. The highest BCUT2D eigenvalue weighted by Crippen LogP contribution is 2.28. The molecule has 2 rings (SSSR count). The van der Waals surface area contributed by atoms with Crippen LogP contribution in [0.1, 0.15) is 18.4 Å². The molecule has 0 saturated carbocycles. The van der Waals surface area contributed by atoms with Crippen LogP contribution in [-0.2, 0) is 4.74 Å². The Balaban J connectivity index is 2.08. The van der Waals surface area contributed by atoms with Crippen molar-refractivity contribution in [1.82, 2.24) is 0 Å². The molecule has 0 fully saturated rings. The minimum absolute atomic E-state index is 0.145. The molecule has 1 aromatic rings. The van der Waals surface area contributed by atoms with E-state index in [2.05, 4.69) is 11.4 Å². The molecule has 0 aliphatic carbocycles. The van der Waals surface area contributed by atoms with Gasteiger partial charge in [-0.25, -0.2) is 0 Å². The van der Waals surface area contributed by atoms with Gasteiger partial charge < -0.3 is 14.8 Å². The second kappa shape index (κ2) is 5.97. The van der Waals surface area contributed by atoms with Crippen molar-refractivity contribution < 1.29 is 9.47 Å². The summed E-state index contributed by atoms with van der Waals surface area (Å²) in [6, 6.07) is 7.58. The zero-order valence-electron chi connectivity index (χ0n) is 10.3. The third kappa shape index (κ3) is 2.75. The molecule has 0 amide bonds. The smallest absolute Gasteiger partial charge is 0.143 e. The Bertz CT molecular complexity index is 477. The van der Waals surface area contributed by atoms with Crippen LogP contribution in [0, 0.1) is 11.3 Å². The van der Waals surface area contributed by atoms with Crippen molar-refractivity contribution in [2.75, 3.05) is 19.0 Å². The van der Waals surface area contributed by atoms with E-state index in [-0.39, 0.29) is 6.10 Å². The number of hydrogen-bond acceptors (Lipinski definition) is 4. The quantitative estimate of drug-likeness (QED) is 0.884. The Morgan fingerprint density at radius 1 is 1.56 bits per heavy atom. The summed E-state index contributed by atoms with van der Waals surface area (Å²) in [5.41, 5.74) is 1.32. The zero-order valence-corrected chi connectivity index (χ0v) is 10.3. The van der Waals surface area contributed by atoms with E-state index in [1.54, 1.807) is 19.4 Å². The van der Waals surface area contributed by atoms with Gasteiger partial charge in [0, 0.05) is 0 Å². The number of nitriles is 1. The van der Waals surface area contributed by atoms with Crippen LogP contribution in [-0.4, -0.2) is 19.8 Å². The molecule has 0 spiro atoms. The topological polar surface area (TPSA) is 54.3 Å². The number of benzene rings is 1. The number of anilines is 1. The summed E-state index contributed by atoms with van der Waals surface area (Å²) in [6.07, 6.45) is 5.92. The van der Waals surface area contributed by atoms with Gasteiger partial charge in [-0.3, -0.25) is 0 Å². The number of ether oxygens (including phenoxy) is 2. The molecule has 1 N–H and O–H groups in total. The number of rotatable bonds is 4. The number of nitrogens with zero attached hydrogens (tertiary/aromatic N) is 1. The van der Waals surface area contributed by atoms with E-state index < -0.39 is 0 Å². The van der Waals surface area contributed by atoms with Gasteiger partial charge >= 0.3 is 0 Å². The molecule has 1 aromatic carbocycles. The Morgan fingerprint density at radius 3 is 3.11 bits per heavy atom. The molecule has 1 aliphatic heterocycles. The van der Waals surface area contributed by atoms with Gasteiger partial charge in [-0.05, 0) is 31.1 Å². The maximum atomic E-state index is 9.09. The van der Waals surface area contributed by atoms with Crippen molar-refractivity contribution in [2.24, 2.45) is 0 Å². The maximum Gasteiger partial charge on any atom is 0.143 e. The van der Waals surface area contributed by atoms with E-state index in [1.807, 2.05) is 18.2 Å². The zero-order chi connectivity index (χ0) is 12.8. The predicted octanol–water partition coefficient (Wildman–Crippen LogP) is 2.67. The number of hydrogen-bond donors (Lipinski definition) is 1. The number of allylic oxidation sites excluding steroid dienone is 1. The predicted molar refractivity (Wildman–Crippen MR) is 69.4 cm³/mol. The molecule has 1 heterocycles. The highest BCUT2D eigenvalue weighted by molar-refractivity contribution is 5.66. The summed E-state index contributed by atoms with van der Waals surface area (Å²) in [5.74, 6) is 0.681. The molecule has 0 saturated heterocycles. The molecule has 18 heavy (non-hydrogen) atoms. The normalized spacial score (nSPS) is 17.7. The minimum atomic E-state index is 0.145. The summed E-state index contributed by atoms with van der Waals surface area (Å²) in [6.45, 7) is 0.666. The Kier molecular flexibility index (Phi) is 4.08. The Labute approximate surface area is 107 Å². The summed E-state index contributed by atoms with van der Waals surface area (Å²) < 4.78 is 10.7. The largest absolute Gasteiger partial charge is 0.497 e. The van der Waals surface area contributed by atoms with Crippen LogP contribution >= 0.6 is 0 Å². The van der Waals surface area contributed by atoms with Gasteiger partial charge in [-0.2, -0.15) is 5.26 Å². The monoisotopic (exact) mass is 244 g/mol. The van der Waals surface area contributed by atoms with Crippen LogP contribution in [0.3, 0.4) is 0 Å². The number of methoxy groups -OCH3 is 1. The van der Waals surface area contributed by atoms with Gasteiger partial charge in [0.2, 0.25) is 0 Å². The third-order valence-corrected chi connectivity index (χ3v) is 2.90. The van der Waals surface area contributed by atoms with Gasteiger partial charge in [0.1, 0.15) is 17.9 Å². The first-order chi connectivity index (χ1) is 8.85. The van der Waals surface area contributed by atoms with Gasteiger partial charge in [0.25, 0.3) is 0 Å². The first-order valence-electron chi connectivity index (χ1n) is 5.96. The molecular formula is C14H16N2O2. The second-order valence-electron chi connectivity index (χ2n) is 4.08. The van der Waals surface area contributed by atoms with Crippen LogP contribution in [0.5, 0.6) is 5.75 Å². The Morgan fingerprint density at radius 2 is 2.44 bits per heavy atom. The van der Waals surface area contributed by atoms with Crippen LogP contribution in [0.15, 0.2) is 30.5 Å². The molecule has 1 aliphatic rings. The lowest BCUT2D eigenvalue weighted by Crippen LogP contribution is -2.23. The lowest BCUT2D eigenvalue weighted by Gasteiger charge is -2.21. The summed E-state index contributed by atoms with van der Waals surface area (Å²) in [7, 11) is 1.60. The fourth-order valence-electron chi connectivity index (χ4n) is 1.93. The van der Waals surface area contributed by atoms with Crippen molar-refractivity contribution in [3.8, 4) is 11.8 Å². The van der Waals surface area contributed by atoms with Crippen molar-refractivity contribution in [3.05, 3.63) is 36.1 Å². The SMILES string of the molecule is COc1cccc(C#N)c1NCC1CCC=CO1. The standard InChI is InChI=1S/C14H16N2O2/c1-17-13-7-4-5-11(9-15)14(13)16-10-12-6-2-3-8-18-12/h3-5,7-8,12,16H,2,6,10H2,1H3. The van der Waals surface area contributed by atoms with Crippen LogP contribution in [0.4, 0.5) is 5.69 Å². The summed E-state index contributed by atoms with van der Waals surface area (Å²) >= 11 is 0. The van der Waals surface area contributed by atoms with Crippen LogP contribution in [0.25, 0.3) is 0 Å². The van der Waals surface area contributed by atoms with E-state index in [0.717, 1.165) is 18.5 Å². The first kappa shape index (κ1) is 12.3. The highest BCUT2D eigenvalue weighted by Gasteiger charge is 2.14. The molecule has 1 atom stereocenters. The molecule has 4 heteroatoms. The van der Waals surface area contributed by atoms with Gasteiger partial charge in [0.05, 0.1) is 31.2 Å². The molecule has 0 radical (unpaired) electrons. The van der Waals surface area contributed by atoms with Crippen LogP contribution in [0.2, 0.25) is 0 Å². The molecule has 1 unspecified atom stereocenters. The fraction of sp³-hybridized carbons (Fsp3) is 0.357. The van der Waals surface area contributed by atoms with E-state index in [1.165, 1.54) is 0 Å². The molecule has 0 bridgehead atoms. The second-order valence-corrected chi connectivity index (χ2v) is 4.08. The summed E-state index contributed by atoms with van der Waals surface area (Å²) in [5, 5.41) is 12.3. The maximum absolute atomic E-state index is 9.09. The average Bonchev–Trinajstić information content (AvgIpc) is 2.45. The highest BCUT2D eigenvalue weighted by atomic mass is 16.5. The van der Waals surface area contributed by atoms with E-state index in [4.69, 9.17) is 14.7 Å². The van der Waals surface area contributed by atoms with Crippen molar-refractivity contribution >= 4 is 5.69 Å². The van der Waals surface area contributed by atoms with Crippen molar-refractivity contribution in [2.45, 2.75) is 18.9 Å². The fourth-order valence-corrected chi connectivity index (χ4v) is 1.93. The van der Waals surface area contributed by atoms with E-state index in [0.29, 0.717) is 17.9 Å². The minimum Gasteiger partial charge on any atom is -0.497 e.